The van der Waals surface area contributed by atoms with Gasteiger partial charge in [-0.3, -0.25) is 0 Å². The quantitative estimate of drug-likeness (QED) is 0.791. The number of hydrogen-bond donors (Lipinski definition) is 2. The third-order valence-corrected chi connectivity index (χ3v) is 3.78. The smallest absolute Gasteiger partial charge is 0.156 e. The fourth-order valence-electron chi connectivity index (χ4n) is 2.58. The first-order chi connectivity index (χ1) is 10.3. The van der Waals surface area contributed by atoms with Crippen molar-refractivity contribution >= 4 is 12.0 Å². The second-order valence-electron chi connectivity index (χ2n) is 5.47. The van der Waals surface area contributed by atoms with Crippen molar-refractivity contribution in [2.24, 2.45) is 16.6 Å². The molecule has 0 atom stereocenters. The summed E-state index contributed by atoms with van der Waals surface area (Å²) in [5.74, 6) is 0.722. The lowest BCUT2D eigenvalue weighted by Crippen LogP contribution is -2.24. The van der Waals surface area contributed by atoms with E-state index in [2.05, 4.69) is 15.3 Å². The molecule has 1 aliphatic carbocycles. The lowest BCUT2D eigenvalue weighted by molar-refractivity contribution is 0.342. The highest BCUT2D eigenvalue weighted by Gasteiger charge is 2.12. The fourth-order valence-corrected chi connectivity index (χ4v) is 2.58. The topological polar surface area (TPSA) is 63.3 Å². The number of pyridine rings is 1. The number of nitrogens with one attached hydrogen (secondary N) is 1. The molecule has 0 amide bonds. The number of nitrogens with two attached hydrogens (primary N) is 1. The normalized spacial score (nSPS) is 17.5. The fraction of sp³-hybridized carbons (Fsp3) is 0.500. The summed E-state index contributed by atoms with van der Waals surface area (Å²) in [6.07, 6.45) is 10.5. The van der Waals surface area contributed by atoms with Gasteiger partial charge in [-0.15, -0.1) is 0 Å². The average Bonchev–Trinajstić information content (AvgIpc) is 2.55. The SMILES string of the molecule is NC=C(F)C=Nc1ccc(CNCC2CCCCC2)cn1. The molecule has 0 spiro atoms. The summed E-state index contributed by atoms with van der Waals surface area (Å²) in [5, 5.41) is 3.49. The van der Waals surface area contributed by atoms with Gasteiger partial charge in [-0.1, -0.05) is 25.3 Å². The number of rotatable bonds is 6. The summed E-state index contributed by atoms with van der Waals surface area (Å²) in [7, 11) is 0. The van der Waals surface area contributed by atoms with Gasteiger partial charge in [0.15, 0.2) is 11.6 Å². The molecule has 0 aromatic carbocycles. The van der Waals surface area contributed by atoms with Crippen molar-refractivity contribution in [3.63, 3.8) is 0 Å². The monoisotopic (exact) mass is 290 g/mol. The summed E-state index contributed by atoms with van der Waals surface area (Å²) in [5.41, 5.74) is 6.13. The van der Waals surface area contributed by atoms with Crippen molar-refractivity contribution in [1.82, 2.24) is 10.3 Å². The maximum atomic E-state index is 12.8. The van der Waals surface area contributed by atoms with Gasteiger partial charge >= 0.3 is 0 Å². The minimum atomic E-state index is -0.574. The van der Waals surface area contributed by atoms with Crippen molar-refractivity contribution in [1.29, 1.82) is 0 Å². The van der Waals surface area contributed by atoms with Crippen LogP contribution in [0.1, 0.15) is 37.7 Å². The average molecular weight is 290 g/mol. The van der Waals surface area contributed by atoms with E-state index in [1.54, 1.807) is 12.3 Å². The summed E-state index contributed by atoms with van der Waals surface area (Å²) < 4.78 is 12.8. The lowest BCUT2D eigenvalue weighted by Gasteiger charge is -2.21. The van der Waals surface area contributed by atoms with Gasteiger partial charge in [0.25, 0.3) is 0 Å². The maximum Gasteiger partial charge on any atom is 0.156 e. The van der Waals surface area contributed by atoms with E-state index in [1.165, 1.54) is 32.1 Å². The van der Waals surface area contributed by atoms with E-state index in [9.17, 15) is 4.39 Å². The van der Waals surface area contributed by atoms with E-state index in [-0.39, 0.29) is 0 Å². The Morgan fingerprint density at radius 3 is 2.86 bits per heavy atom. The van der Waals surface area contributed by atoms with Crippen LogP contribution in [-0.2, 0) is 6.54 Å². The highest BCUT2D eigenvalue weighted by atomic mass is 19.1. The van der Waals surface area contributed by atoms with Crippen molar-refractivity contribution in [2.75, 3.05) is 6.54 Å². The van der Waals surface area contributed by atoms with E-state index in [1.807, 2.05) is 6.07 Å². The number of allylic oxidation sites excluding steroid dienone is 1. The van der Waals surface area contributed by atoms with Crippen molar-refractivity contribution in [3.05, 3.63) is 35.9 Å². The molecule has 4 nitrogen and oxygen atoms in total. The van der Waals surface area contributed by atoms with E-state index in [0.717, 1.165) is 37.0 Å². The van der Waals surface area contributed by atoms with E-state index in [0.29, 0.717) is 5.82 Å². The second-order valence-corrected chi connectivity index (χ2v) is 5.47. The predicted molar refractivity (Wildman–Crippen MR) is 84.0 cm³/mol. The van der Waals surface area contributed by atoms with Crippen molar-refractivity contribution in [2.45, 2.75) is 38.6 Å². The largest absolute Gasteiger partial charge is 0.402 e. The standard InChI is InChI=1S/C16H23FN4/c17-15(8-18)12-21-16-7-6-14(11-20-16)10-19-9-13-4-2-1-3-5-13/h6-8,11-13,19H,1-5,9-10,18H2. The van der Waals surface area contributed by atoms with Crippen LogP contribution < -0.4 is 11.1 Å². The van der Waals surface area contributed by atoms with Crippen LogP contribution in [0.4, 0.5) is 10.2 Å². The summed E-state index contributed by atoms with van der Waals surface area (Å²) in [6.45, 7) is 1.89. The Bertz CT molecular complexity index is 476. The highest BCUT2D eigenvalue weighted by molar-refractivity contribution is 5.77. The molecule has 0 aliphatic heterocycles. The highest BCUT2D eigenvalue weighted by Crippen LogP contribution is 2.22. The number of aromatic nitrogens is 1. The first kappa shape index (κ1) is 15.6. The van der Waals surface area contributed by atoms with Crippen LogP contribution in [0.2, 0.25) is 0 Å². The van der Waals surface area contributed by atoms with Gasteiger partial charge in [0.05, 0.1) is 6.21 Å². The number of aliphatic imine (C=N–C) groups is 1. The van der Waals surface area contributed by atoms with Crippen LogP contribution in [0.3, 0.4) is 0 Å². The molecule has 1 fully saturated rings. The van der Waals surface area contributed by atoms with Crippen LogP contribution in [0.25, 0.3) is 0 Å². The van der Waals surface area contributed by atoms with Crippen LogP contribution >= 0.6 is 0 Å². The first-order valence-corrected chi connectivity index (χ1v) is 7.55. The summed E-state index contributed by atoms with van der Waals surface area (Å²) in [6, 6.07) is 3.73. The second kappa shape index (κ2) is 8.52. The van der Waals surface area contributed by atoms with E-state index in [4.69, 9.17) is 5.73 Å². The lowest BCUT2D eigenvalue weighted by atomic mass is 9.89. The molecule has 1 aromatic heterocycles. The third-order valence-electron chi connectivity index (χ3n) is 3.78. The molecular formula is C16H23FN4. The molecule has 1 aromatic rings. The van der Waals surface area contributed by atoms with Crippen LogP contribution in [0.5, 0.6) is 0 Å². The Morgan fingerprint density at radius 2 is 2.19 bits per heavy atom. The van der Waals surface area contributed by atoms with Gasteiger partial charge in [0, 0.05) is 18.9 Å². The zero-order valence-corrected chi connectivity index (χ0v) is 12.3. The molecule has 0 unspecified atom stereocenters. The first-order valence-electron chi connectivity index (χ1n) is 7.55. The Kier molecular flexibility index (Phi) is 6.34. The maximum absolute atomic E-state index is 12.8. The van der Waals surface area contributed by atoms with Crippen molar-refractivity contribution in [3.8, 4) is 0 Å². The minimum absolute atomic E-state index is 0.475. The Labute approximate surface area is 125 Å². The molecule has 0 bridgehead atoms. The van der Waals surface area contributed by atoms with Gasteiger partial charge in [-0.05, 0) is 36.9 Å². The van der Waals surface area contributed by atoms with Gasteiger partial charge in [0.2, 0.25) is 0 Å². The number of nitrogens with zero attached hydrogens (tertiary/aromatic N) is 2. The zero-order valence-electron chi connectivity index (χ0n) is 12.3. The van der Waals surface area contributed by atoms with Gasteiger partial charge < -0.3 is 11.1 Å². The molecule has 1 aliphatic rings. The Hall–Kier alpha value is -1.75. The Balaban J connectivity index is 1.75. The van der Waals surface area contributed by atoms with E-state index < -0.39 is 5.83 Å². The number of hydrogen-bond acceptors (Lipinski definition) is 4. The van der Waals surface area contributed by atoms with Crippen LogP contribution in [-0.4, -0.2) is 17.7 Å². The van der Waals surface area contributed by atoms with Crippen LogP contribution in [0.15, 0.2) is 35.3 Å². The molecule has 0 saturated heterocycles. The molecule has 5 heteroatoms. The predicted octanol–water partition coefficient (Wildman–Crippen LogP) is 3.22. The van der Waals surface area contributed by atoms with Gasteiger partial charge in [-0.25, -0.2) is 14.4 Å². The molecule has 21 heavy (non-hydrogen) atoms. The molecule has 3 N–H and O–H groups in total. The molecule has 0 radical (unpaired) electrons. The molecule has 114 valence electrons. The minimum Gasteiger partial charge on any atom is -0.402 e. The molecule has 1 heterocycles. The molecule has 2 rings (SSSR count). The molecular weight excluding hydrogens is 267 g/mol. The van der Waals surface area contributed by atoms with Crippen LogP contribution in [0, 0.1) is 5.92 Å². The molecule has 1 saturated carbocycles. The van der Waals surface area contributed by atoms with E-state index >= 15 is 0 Å². The summed E-state index contributed by atoms with van der Waals surface area (Å²) >= 11 is 0. The van der Waals surface area contributed by atoms with Gasteiger partial charge in [-0.2, -0.15) is 0 Å². The summed E-state index contributed by atoms with van der Waals surface area (Å²) in [4.78, 5) is 8.07. The van der Waals surface area contributed by atoms with Crippen molar-refractivity contribution < 1.29 is 4.39 Å². The third kappa shape index (κ3) is 5.63. The zero-order chi connectivity index (χ0) is 14.9. The number of halogens is 1. The Morgan fingerprint density at radius 1 is 1.38 bits per heavy atom. The van der Waals surface area contributed by atoms with Gasteiger partial charge in [0.1, 0.15) is 0 Å².